The molecular weight excluding hydrogens is 280 g/mol. The Balaban J connectivity index is 2.24. The number of aromatic nitrogens is 4. The molecule has 0 saturated carbocycles. The molecule has 3 rings (SSSR count). The third kappa shape index (κ3) is 2.02. The van der Waals surface area contributed by atoms with Gasteiger partial charge in [0, 0.05) is 10.4 Å². The van der Waals surface area contributed by atoms with Gasteiger partial charge < -0.3 is 9.40 Å². The number of fused-ring (bicyclic) bond motifs is 1. The zero-order valence-corrected chi connectivity index (χ0v) is 12.0. The summed E-state index contributed by atoms with van der Waals surface area (Å²) >= 11 is 5.97. The van der Waals surface area contributed by atoms with Gasteiger partial charge in [-0.2, -0.15) is 0 Å². The Morgan fingerprint density at radius 2 is 2.05 bits per heavy atom. The molecule has 0 aliphatic heterocycles. The molecule has 1 aromatic carbocycles. The van der Waals surface area contributed by atoms with E-state index in [0.29, 0.717) is 21.9 Å². The quantitative estimate of drug-likeness (QED) is 0.748. The molecule has 104 valence electrons. The minimum absolute atomic E-state index is 0.133. The second-order valence-electron chi connectivity index (χ2n) is 5.57. The van der Waals surface area contributed by atoms with Crippen molar-refractivity contribution in [2.45, 2.75) is 26.2 Å². The van der Waals surface area contributed by atoms with E-state index in [2.05, 4.69) is 15.2 Å². The SMILES string of the molecule is CC(C)(C)c1nnc(-n2c(=O)[nH]c3ccc(Cl)cc32)o1. The smallest absolute Gasteiger partial charge is 0.334 e. The van der Waals surface area contributed by atoms with Crippen LogP contribution in [-0.2, 0) is 5.41 Å². The summed E-state index contributed by atoms with van der Waals surface area (Å²) in [7, 11) is 0. The summed E-state index contributed by atoms with van der Waals surface area (Å²) in [5, 5.41) is 8.47. The van der Waals surface area contributed by atoms with Crippen molar-refractivity contribution in [3.63, 3.8) is 0 Å². The number of benzene rings is 1. The van der Waals surface area contributed by atoms with Crippen LogP contribution in [0.4, 0.5) is 0 Å². The number of aromatic amines is 1. The van der Waals surface area contributed by atoms with Gasteiger partial charge in [0.25, 0.3) is 0 Å². The second-order valence-corrected chi connectivity index (χ2v) is 6.00. The number of imidazole rings is 1. The Labute approximate surface area is 119 Å². The summed E-state index contributed by atoms with van der Waals surface area (Å²) in [6.45, 7) is 5.87. The van der Waals surface area contributed by atoms with Gasteiger partial charge in [0.15, 0.2) is 0 Å². The van der Waals surface area contributed by atoms with Crippen molar-refractivity contribution in [3.8, 4) is 6.01 Å². The van der Waals surface area contributed by atoms with Crippen molar-refractivity contribution in [1.82, 2.24) is 19.7 Å². The maximum atomic E-state index is 12.0. The zero-order chi connectivity index (χ0) is 14.5. The molecule has 7 heteroatoms. The van der Waals surface area contributed by atoms with E-state index in [-0.39, 0.29) is 17.1 Å². The van der Waals surface area contributed by atoms with E-state index in [1.165, 1.54) is 4.57 Å². The lowest BCUT2D eigenvalue weighted by atomic mass is 9.97. The largest absolute Gasteiger partial charge is 0.407 e. The normalized spacial score (nSPS) is 12.2. The number of nitrogens with zero attached hydrogens (tertiary/aromatic N) is 3. The van der Waals surface area contributed by atoms with E-state index in [4.69, 9.17) is 16.0 Å². The van der Waals surface area contributed by atoms with E-state index < -0.39 is 0 Å². The highest BCUT2D eigenvalue weighted by Gasteiger charge is 2.23. The van der Waals surface area contributed by atoms with E-state index in [1.807, 2.05) is 20.8 Å². The average molecular weight is 293 g/mol. The van der Waals surface area contributed by atoms with Crippen molar-refractivity contribution >= 4 is 22.6 Å². The molecule has 6 nitrogen and oxygen atoms in total. The highest BCUT2D eigenvalue weighted by atomic mass is 35.5. The molecule has 20 heavy (non-hydrogen) atoms. The van der Waals surface area contributed by atoms with Gasteiger partial charge in [-0.1, -0.05) is 37.5 Å². The van der Waals surface area contributed by atoms with Gasteiger partial charge in [-0.25, -0.2) is 9.36 Å². The molecule has 0 saturated heterocycles. The van der Waals surface area contributed by atoms with Crippen molar-refractivity contribution in [1.29, 1.82) is 0 Å². The van der Waals surface area contributed by atoms with Crippen molar-refractivity contribution in [2.75, 3.05) is 0 Å². The first-order valence-corrected chi connectivity index (χ1v) is 6.49. The van der Waals surface area contributed by atoms with Crippen LogP contribution in [0.2, 0.25) is 5.02 Å². The molecule has 0 spiro atoms. The monoisotopic (exact) mass is 292 g/mol. The molecule has 1 N–H and O–H groups in total. The minimum atomic E-state index is -0.341. The fourth-order valence-corrected chi connectivity index (χ4v) is 2.04. The standard InChI is InChI=1S/C13H13ClN4O2/c1-13(2,3)10-16-17-12(20-10)18-9-6-7(14)4-5-8(9)15-11(18)19/h4-6H,1-3H3,(H,15,19). The van der Waals surface area contributed by atoms with E-state index in [9.17, 15) is 4.79 Å². The average Bonchev–Trinajstić information content (AvgIpc) is 2.91. The Hall–Kier alpha value is -2.08. The molecule has 0 fully saturated rings. The molecule has 0 unspecified atom stereocenters. The number of halogens is 1. The molecule has 0 atom stereocenters. The third-order valence-electron chi connectivity index (χ3n) is 2.89. The van der Waals surface area contributed by atoms with E-state index in [1.54, 1.807) is 18.2 Å². The van der Waals surface area contributed by atoms with Crippen LogP contribution >= 0.6 is 11.6 Å². The fraction of sp³-hybridized carbons (Fsp3) is 0.308. The van der Waals surface area contributed by atoms with E-state index >= 15 is 0 Å². The molecule has 3 aromatic rings. The Bertz CT molecular complexity index is 838. The molecular formula is C13H13ClN4O2. The van der Waals surface area contributed by atoms with Crippen LogP contribution in [0, 0.1) is 0 Å². The lowest BCUT2D eigenvalue weighted by molar-refractivity contribution is 0.385. The highest BCUT2D eigenvalue weighted by Crippen LogP contribution is 2.23. The van der Waals surface area contributed by atoms with Crippen LogP contribution in [0.3, 0.4) is 0 Å². The number of hydrogen-bond acceptors (Lipinski definition) is 4. The van der Waals surface area contributed by atoms with Crippen LogP contribution in [-0.4, -0.2) is 19.7 Å². The van der Waals surface area contributed by atoms with Gasteiger partial charge in [-0.15, -0.1) is 5.10 Å². The summed E-state index contributed by atoms with van der Waals surface area (Å²) in [6.07, 6.45) is 0. The van der Waals surface area contributed by atoms with Crippen molar-refractivity contribution in [2.24, 2.45) is 0 Å². The molecule has 0 aliphatic rings. The maximum Gasteiger partial charge on any atom is 0.334 e. The first-order valence-electron chi connectivity index (χ1n) is 6.11. The van der Waals surface area contributed by atoms with Crippen LogP contribution < -0.4 is 5.69 Å². The summed E-state index contributed by atoms with van der Waals surface area (Å²) in [5.74, 6) is 0.468. The van der Waals surface area contributed by atoms with Gasteiger partial charge in [0.1, 0.15) is 0 Å². The van der Waals surface area contributed by atoms with Gasteiger partial charge in [0.2, 0.25) is 5.89 Å². The molecule has 0 amide bonds. The number of hydrogen-bond donors (Lipinski definition) is 1. The van der Waals surface area contributed by atoms with Gasteiger partial charge in [-0.3, -0.25) is 0 Å². The lowest BCUT2D eigenvalue weighted by Gasteiger charge is -2.10. The molecule has 0 bridgehead atoms. The first kappa shape index (κ1) is 12.9. The van der Waals surface area contributed by atoms with Gasteiger partial charge >= 0.3 is 11.7 Å². The summed E-state index contributed by atoms with van der Waals surface area (Å²) < 4.78 is 6.92. The van der Waals surface area contributed by atoms with Crippen molar-refractivity contribution in [3.05, 3.63) is 39.6 Å². The first-order chi connectivity index (χ1) is 9.36. The number of H-pyrrole nitrogens is 1. The Morgan fingerprint density at radius 1 is 1.30 bits per heavy atom. The van der Waals surface area contributed by atoms with Crippen molar-refractivity contribution < 1.29 is 4.42 Å². The van der Waals surface area contributed by atoms with E-state index in [0.717, 1.165) is 0 Å². The molecule has 0 aliphatic carbocycles. The predicted octanol–water partition coefficient (Wildman–Crippen LogP) is 2.65. The maximum absolute atomic E-state index is 12.0. The second kappa shape index (κ2) is 4.21. The van der Waals surface area contributed by atoms with Crippen LogP contribution in [0.1, 0.15) is 26.7 Å². The zero-order valence-electron chi connectivity index (χ0n) is 11.3. The Kier molecular flexibility index (Phi) is 2.72. The van der Waals surface area contributed by atoms with Gasteiger partial charge in [0.05, 0.1) is 11.0 Å². The number of nitrogens with one attached hydrogen (secondary N) is 1. The highest BCUT2D eigenvalue weighted by molar-refractivity contribution is 6.31. The Morgan fingerprint density at radius 3 is 2.70 bits per heavy atom. The predicted molar refractivity (Wildman–Crippen MR) is 75.5 cm³/mol. The summed E-state index contributed by atoms with van der Waals surface area (Å²) in [5.41, 5.74) is 0.645. The number of rotatable bonds is 1. The topological polar surface area (TPSA) is 76.7 Å². The summed E-state index contributed by atoms with van der Waals surface area (Å²) in [4.78, 5) is 14.8. The van der Waals surface area contributed by atoms with Crippen LogP contribution in [0.5, 0.6) is 0 Å². The molecule has 2 heterocycles. The van der Waals surface area contributed by atoms with Gasteiger partial charge in [-0.05, 0) is 18.2 Å². The molecule has 2 aromatic heterocycles. The third-order valence-corrected chi connectivity index (χ3v) is 3.13. The molecule has 0 radical (unpaired) electrons. The fourth-order valence-electron chi connectivity index (χ4n) is 1.87. The summed E-state index contributed by atoms with van der Waals surface area (Å²) in [6, 6.07) is 5.25. The van der Waals surface area contributed by atoms with Crippen LogP contribution in [0.15, 0.2) is 27.4 Å². The van der Waals surface area contributed by atoms with Crippen LogP contribution in [0.25, 0.3) is 17.0 Å². The lowest BCUT2D eigenvalue weighted by Crippen LogP contribution is -2.15. The minimum Gasteiger partial charge on any atom is -0.407 e.